The van der Waals surface area contributed by atoms with Gasteiger partial charge in [0.25, 0.3) is 0 Å². The minimum Gasteiger partial charge on any atom is -0.377 e. The molecule has 0 aromatic carbocycles. The van der Waals surface area contributed by atoms with Crippen LogP contribution in [0.2, 0.25) is 0 Å². The van der Waals surface area contributed by atoms with Gasteiger partial charge in [0, 0.05) is 38.5 Å². The van der Waals surface area contributed by atoms with Crippen LogP contribution in [0.5, 0.6) is 0 Å². The molecule has 4 aliphatic heterocycles. The molecule has 10 heteroatoms. The van der Waals surface area contributed by atoms with Gasteiger partial charge in [-0.25, -0.2) is 9.67 Å². The summed E-state index contributed by atoms with van der Waals surface area (Å²) in [6, 6.07) is 4.51. The molecule has 10 nitrogen and oxygen atoms in total. The molecule has 0 spiro atoms. The van der Waals surface area contributed by atoms with Crippen LogP contribution in [-0.4, -0.2) is 82.1 Å². The predicted molar refractivity (Wildman–Crippen MR) is 131 cm³/mol. The highest BCUT2D eigenvalue weighted by Gasteiger charge is 2.35. The lowest BCUT2D eigenvalue weighted by molar-refractivity contribution is -0.0393. The van der Waals surface area contributed by atoms with Crippen LogP contribution in [-0.2, 0) is 14.2 Å². The molecule has 0 radical (unpaired) electrons. The van der Waals surface area contributed by atoms with Gasteiger partial charge in [0.15, 0.2) is 5.65 Å². The summed E-state index contributed by atoms with van der Waals surface area (Å²) in [6.07, 6.45) is 10.1. The molecule has 4 saturated heterocycles. The molecule has 4 aliphatic rings. The highest BCUT2D eigenvalue weighted by molar-refractivity contribution is 5.77. The first-order valence-corrected chi connectivity index (χ1v) is 13.0. The largest absolute Gasteiger partial charge is 0.377 e. The number of morpholine rings is 2. The van der Waals surface area contributed by atoms with Gasteiger partial charge in [-0.3, -0.25) is 0 Å². The Hall–Kier alpha value is -2.69. The van der Waals surface area contributed by atoms with Gasteiger partial charge < -0.3 is 24.0 Å². The van der Waals surface area contributed by atoms with Crippen molar-refractivity contribution in [1.82, 2.24) is 24.4 Å². The smallest absolute Gasteiger partial charge is 0.169 e. The maximum atomic E-state index is 6.10. The summed E-state index contributed by atoms with van der Waals surface area (Å²) in [5.41, 5.74) is 2.66. The van der Waals surface area contributed by atoms with Crippen molar-refractivity contribution in [2.24, 2.45) is 0 Å². The average molecular weight is 480 g/mol. The first kappa shape index (κ1) is 21.6. The number of hydrogen-bond acceptors (Lipinski definition) is 8. The third kappa shape index (κ3) is 3.88. The van der Waals surface area contributed by atoms with Crippen molar-refractivity contribution in [3.8, 4) is 11.3 Å². The molecular weight excluding hydrogens is 446 g/mol. The fourth-order valence-electron chi connectivity index (χ4n) is 5.93. The van der Waals surface area contributed by atoms with Crippen molar-refractivity contribution in [2.75, 3.05) is 49.3 Å². The van der Waals surface area contributed by atoms with E-state index in [0.29, 0.717) is 25.4 Å². The Labute approximate surface area is 204 Å². The van der Waals surface area contributed by atoms with Crippen molar-refractivity contribution in [2.45, 2.75) is 63.5 Å². The maximum Gasteiger partial charge on any atom is 0.169 e. The zero-order valence-electron chi connectivity index (χ0n) is 20.3. The van der Waals surface area contributed by atoms with Crippen LogP contribution in [0.1, 0.15) is 45.3 Å². The van der Waals surface area contributed by atoms with Gasteiger partial charge in [0.05, 0.1) is 48.9 Å². The Morgan fingerprint density at radius 1 is 1.06 bits per heavy atom. The van der Waals surface area contributed by atoms with E-state index in [-0.39, 0.29) is 12.3 Å². The second-order valence-electron chi connectivity index (χ2n) is 10.2. The molecule has 0 aliphatic carbocycles. The van der Waals surface area contributed by atoms with Crippen LogP contribution in [0.25, 0.3) is 16.9 Å². The standard InChI is InChI=1S/C25H33N7O3/c1-17-16-33-11-9-30(17)23-12-22(29-14-18-5-6-19(15-29)35-18)27-25-20(13-26-32(23)25)21-7-8-31(28-21)24-4-2-3-10-34-24/h7-8,12-13,17-19,24H,2-6,9-11,14-16H2,1H3. The molecule has 35 heavy (non-hydrogen) atoms. The number of rotatable bonds is 4. The summed E-state index contributed by atoms with van der Waals surface area (Å²) in [6.45, 7) is 7.02. The Balaban J connectivity index is 1.31. The van der Waals surface area contributed by atoms with Crippen LogP contribution < -0.4 is 9.80 Å². The van der Waals surface area contributed by atoms with Crippen molar-refractivity contribution < 1.29 is 14.2 Å². The maximum absolute atomic E-state index is 6.10. The molecule has 0 saturated carbocycles. The van der Waals surface area contributed by atoms with Gasteiger partial charge >= 0.3 is 0 Å². The Morgan fingerprint density at radius 2 is 1.94 bits per heavy atom. The minimum atomic E-state index is 0.0106. The number of hydrogen-bond donors (Lipinski definition) is 0. The van der Waals surface area contributed by atoms with Gasteiger partial charge in [0.2, 0.25) is 0 Å². The van der Waals surface area contributed by atoms with Gasteiger partial charge in [-0.15, -0.1) is 0 Å². The Kier molecular flexibility index (Phi) is 5.40. The van der Waals surface area contributed by atoms with E-state index in [1.165, 1.54) is 6.42 Å². The number of nitrogens with zero attached hydrogens (tertiary/aromatic N) is 7. The van der Waals surface area contributed by atoms with Crippen molar-refractivity contribution >= 4 is 17.3 Å². The fraction of sp³-hybridized carbons (Fsp3) is 0.640. The Morgan fingerprint density at radius 3 is 2.74 bits per heavy atom. The summed E-state index contributed by atoms with van der Waals surface area (Å²) in [5.74, 6) is 2.05. The summed E-state index contributed by atoms with van der Waals surface area (Å²) in [4.78, 5) is 9.95. The second kappa shape index (κ2) is 8.76. The Bertz CT molecular complexity index is 1190. The third-order valence-electron chi connectivity index (χ3n) is 7.80. The van der Waals surface area contributed by atoms with Crippen LogP contribution in [0, 0.1) is 0 Å². The second-order valence-corrected chi connectivity index (χ2v) is 10.2. The van der Waals surface area contributed by atoms with E-state index in [4.69, 9.17) is 29.4 Å². The van der Waals surface area contributed by atoms with E-state index in [1.807, 2.05) is 21.6 Å². The number of anilines is 2. The van der Waals surface area contributed by atoms with Crippen LogP contribution in [0.4, 0.5) is 11.6 Å². The quantitative estimate of drug-likeness (QED) is 0.565. The summed E-state index contributed by atoms with van der Waals surface area (Å²) in [7, 11) is 0. The molecular formula is C25H33N7O3. The molecule has 4 unspecified atom stereocenters. The topological polar surface area (TPSA) is 82.2 Å². The van der Waals surface area contributed by atoms with E-state index in [1.54, 1.807) is 0 Å². The van der Waals surface area contributed by atoms with E-state index < -0.39 is 0 Å². The first-order chi connectivity index (χ1) is 17.2. The van der Waals surface area contributed by atoms with Gasteiger partial charge in [-0.1, -0.05) is 0 Å². The zero-order chi connectivity index (χ0) is 23.4. The van der Waals surface area contributed by atoms with E-state index in [9.17, 15) is 0 Å². The monoisotopic (exact) mass is 479 g/mol. The lowest BCUT2D eigenvalue weighted by Gasteiger charge is -2.37. The van der Waals surface area contributed by atoms with Crippen molar-refractivity contribution in [3.05, 3.63) is 24.5 Å². The van der Waals surface area contributed by atoms with E-state index >= 15 is 0 Å². The van der Waals surface area contributed by atoms with Gasteiger partial charge in [-0.2, -0.15) is 14.7 Å². The number of aromatic nitrogens is 5. The molecule has 3 aromatic rings. The van der Waals surface area contributed by atoms with E-state index in [0.717, 1.165) is 80.5 Å². The minimum absolute atomic E-state index is 0.0106. The highest BCUT2D eigenvalue weighted by atomic mass is 16.5. The van der Waals surface area contributed by atoms with Crippen LogP contribution in [0.3, 0.4) is 0 Å². The molecule has 7 heterocycles. The average Bonchev–Trinajstić information content (AvgIpc) is 3.62. The van der Waals surface area contributed by atoms with Crippen LogP contribution >= 0.6 is 0 Å². The molecule has 2 bridgehead atoms. The predicted octanol–water partition coefficient (Wildman–Crippen LogP) is 2.88. The highest BCUT2D eigenvalue weighted by Crippen LogP contribution is 2.34. The van der Waals surface area contributed by atoms with E-state index in [2.05, 4.69) is 28.9 Å². The molecule has 186 valence electrons. The fourth-order valence-corrected chi connectivity index (χ4v) is 5.93. The van der Waals surface area contributed by atoms with Gasteiger partial charge in [-0.05, 0) is 45.1 Å². The first-order valence-electron chi connectivity index (χ1n) is 13.0. The SMILES string of the molecule is CC1COCCN1c1cc(N2CC3CCC(C2)O3)nc2c(-c3ccn(C4CCCCO4)n3)cnn12. The molecule has 4 fully saturated rings. The summed E-state index contributed by atoms with van der Waals surface area (Å²) >= 11 is 0. The molecule has 3 aromatic heterocycles. The molecule has 0 amide bonds. The summed E-state index contributed by atoms with van der Waals surface area (Å²) < 4.78 is 21.7. The number of fused-ring (bicyclic) bond motifs is 3. The third-order valence-corrected chi connectivity index (χ3v) is 7.80. The zero-order valence-corrected chi connectivity index (χ0v) is 20.3. The molecule has 0 N–H and O–H groups in total. The van der Waals surface area contributed by atoms with Crippen molar-refractivity contribution in [3.63, 3.8) is 0 Å². The molecule has 7 rings (SSSR count). The lowest BCUT2D eigenvalue weighted by Crippen LogP contribution is -2.45. The lowest BCUT2D eigenvalue weighted by atomic mass is 10.2. The number of ether oxygens (including phenoxy) is 3. The van der Waals surface area contributed by atoms with Crippen LogP contribution in [0.15, 0.2) is 24.5 Å². The molecule has 4 atom stereocenters. The normalized spacial score (nSPS) is 29.3. The summed E-state index contributed by atoms with van der Waals surface area (Å²) in [5, 5.41) is 9.69. The van der Waals surface area contributed by atoms with Gasteiger partial charge in [0.1, 0.15) is 17.9 Å². The van der Waals surface area contributed by atoms with Crippen molar-refractivity contribution in [1.29, 1.82) is 0 Å².